The summed E-state index contributed by atoms with van der Waals surface area (Å²) in [7, 11) is 0. The highest BCUT2D eigenvalue weighted by molar-refractivity contribution is 5.43. The molecule has 0 spiro atoms. The molecule has 15 heavy (non-hydrogen) atoms. The van der Waals surface area contributed by atoms with E-state index in [2.05, 4.69) is 17.2 Å². The molecule has 0 amide bonds. The fraction of sp³-hybridized carbons (Fsp3) is 0.273. The fourth-order valence-electron chi connectivity index (χ4n) is 1.53. The van der Waals surface area contributed by atoms with Crippen molar-refractivity contribution < 1.29 is 5.11 Å². The molecule has 1 heterocycles. The van der Waals surface area contributed by atoms with Gasteiger partial charge >= 0.3 is 0 Å². The van der Waals surface area contributed by atoms with Crippen molar-refractivity contribution in [1.29, 1.82) is 0 Å². The molecule has 4 nitrogen and oxygen atoms in total. The van der Waals surface area contributed by atoms with Crippen molar-refractivity contribution in [2.24, 2.45) is 0 Å². The van der Waals surface area contributed by atoms with E-state index < -0.39 is 0 Å². The second-order valence-corrected chi connectivity index (χ2v) is 3.41. The molecule has 1 aromatic heterocycles. The quantitative estimate of drug-likeness (QED) is 0.829. The van der Waals surface area contributed by atoms with Crippen molar-refractivity contribution in [3.63, 3.8) is 0 Å². The van der Waals surface area contributed by atoms with E-state index in [1.54, 1.807) is 23.1 Å². The average Bonchev–Trinajstić information content (AvgIpc) is 2.75. The predicted molar refractivity (Wildman–Crippen MR) is 57.0 cm³/mol. The predicted octanol–water partition coefficient (Wildman–Crippen LogP) is 1.93. The Morgan fingerprint density at radius 1 is 1.40 bits per heavy atom. The average molecular weight is 203 g/mol. The van der Waals surface area contributed by atoms with Gasteiger partial charge in [-0.2, -0.15) is 0 Å². The number of benzene rings is 1. The molecule has 0 aliphatic rings. The Morgan fingerprint density at radius 3 is 2.93 bits per heavy atom. The zero-order chi connectivity index (χ0) is 10.7. The Balaban J connectivity index is 2.38. The summed E-state index contributed by atoms with van der Waals surface area (Å²) in [6, 6.07) is 5.46. The summed E-state index contributed by atoms with van der Waals surface area (Å²) in [5, 5.41) is 17.3. The smallest absolute Gasteiger partial charge is 0.118 e. The lowest BCUT2D eigenvalue weighted by molar-refractivity contribution is 0.467. The van der Waals surface area contributed by atoms with Gasteiger partial charge in [-0.25, -0.2) is 4.68 Å². The van der Waals surface area contributed by atoms with Crippen LogP contribution in [0.2, 0.25) is 0 Å². The van der Waals surface area contributed by atoms with E-state index in [1.807, 2.05) is 12.1 Å². The van der Waals surface area contributed by atoms with Crippen molar-refractivity contribution in [2.45, 2.75) is 19.8 Å². The second kappa shape index (κ2) is 4.13. The summed E-state index contributed by atoms with van der Waals surface area (Å²) < 4.78 is 1.68. The van der Waals surface area contributed by atoms with Gasteiger partial charge in [-0.3, -0.25) is 0 Å². The van der Waals surface area contributed by atoms with Crippen LogP contribution in [-0.4, -0.2) is 20.1 Å². The van der Waals surface area contributed by atoms with Gasteiger partial charge in [0.1, 0.15) is 5.75 Å². The number of phenolic OH excluding ortho intramolecular Hbond substituents is 1. The van der Waals surface area contributed by atoms with Gasteiger partial charge in [-0.15, -0.1) is 5.10 Å². The zero-order valence-corrected chi connectivity index (χ0v) is 8.59. The molecule has 0 saturated carbocycles. The van der Waals surface area contributed by atoms with Gasteiger partial charge in [-0.1, -0.05) is 18.6 Å². The van der Waals surface area contributed by atoms with Crippen LogP contribution >= 0.6 is 0 Å². The van der Waals surface area contributed by atoms with Gasteiger partial charge in [0.25, 0.3) is 0 Å². The molecule has 0 bridgehead atoms. The first-order valence-corrected chi connectivity index (χ1v) is 5.00. The van der Waals surface area contributed by atoms with Gasteiger partial charge < -0.3 is 5.11 Å². The Morgan fingerprint density at radius 2 is 2.27 bits per heavy atom. The molecule has 0 aliphatic carbocycles. The van der Waals surface area contributed by atoms with Crippen molar-refractivity contribution in [1.82, 2.24) is 15.0 Å². The molecule has 2 rings (SSSR count). The van der Waals surface area contributed by atoms with Crippen molar-refractivity contribution >= 4 is 0 Å². The van der Waals surface area contributed by atoms with E-state index in [0.717, 1.165) is 24.1 Å². The van der Waals surface area contributed by atoms with Crippen LogP contribution in [0.3, 0.4) is 0 Å². The highest BCUT2D eigenvalue weighted by Gasteiger charge is 2.03. The van der Waals surface area contributed by atoms with E-state index in [4.69, 9.17) is 0 Å². The first-order valence-electron chi connectivity index (χ1n) is 5.00. The Hall–Kier alpha value is -1.84. The molecule has 0 aliphatic heterocycles. The number of aromatic nitrogens is 3. The van der Waals surface area contributed by atoms with Crippen LogP contribution < -0.4 is 0 Å². The van der Waals surface area contributed by atoms with E-state index in [1.165, 1.54) is 0 Å². The molecular formula is C11H13N3O. The number of hydrogen-bond acceptors (Lipinski definition) is 3. The summed E-state index contributed by atoms with van der Waals surface area (Å²) >= 11 is 0. The Bertz CT molecular complexity index is 437. The minimum atomic E-state index is 0.348. The third-order valence-electron chi connectivity index (χ3n) is 2.27. The summed E-state index contributed by atoms with van der Waals surface area (Å²) in [5.74, 6) is 0.348. The zero-order valence-electron chi connectivity index (χ0n) is 8.59. The third kappa shape index (κ3) is 1.98. The van der Waals surface area contributed by atoms with Crippen LogP contribution in [-0.2, 0) is 6.42 Å². The Kier molecular flexibility index (Phi) is 2.67. The number of aryl methyl sites for hydroxylation is 1. The van der Waals surface area contributed by atoms with Gasteiger partial charge in [0, 0.05) is 0 Å². The topological polar surface area (TPSA) is 50.9 Å². The molecule has 1 N–H and O–H groups in total. The number of rotatable bonds is 3. The largest absolute Gasteiger partial charge is 0.508 e. The normalized spacial score (nSPS) is 10.5. The third-order valence-corrected chi connectivity index (χ3v) is 2.27. The molecular weight excluding hydrogens is 190 g/mol. The van der Waals surface area contributed by atoms with E-state index in [9.17, 15) is 5.11 Å². The SMILES string of the molecule is CCCc1cc(-n2ccnn2)ccc1O. The van der Waals surface area contributed by atoms with Crippen LogP contribution in [0, 0.1) is 0 Å². The van der Waals surface area contributed by atoms with Crippen molar-refractivity contribution in [2.75, 3.05) is 0 Å². The first-order chi connectivity index (χ1) is 7.31. The van der Waals surface area contributed by atoms with Crippen LogP contribution in [0.1, 0.15) is 18.9 Å². The molecule has 0 unspecified atom stereocenters. The van der Waals surface area contributed by atoms with E-state index >= 15 is 0 Å². The first kappa shape index (κ1) is 9.71. The molecule has 0 radical (unpaired) electrons. The monoisotopic (exact) mass is 203 g/mol. The molecule has 4 heteroatoms. The molecule has 0 fully saturated rings. The molecule has 1 aromatic carbocycles. The van der Waals surface area contributed by atoms with E-state index in [0.29, 0.717) is 5.75 Å². The highest BCUT2D eigenvalue weighted by atomic mass is 16.3. The maximum Gasteiger partial charge on any atom is 0.118 e. The van der Waals surface area contributed by atoms with Crippen LogP contribution in [0.15, 0.2) is 30.6 Å². The maximum absolute atomic E-state index is 9.62. The Labute approximate surface area is 88.2 Å². The minimum absolute atomic E-state index is 0.348. The second-order valence-electron chi connectivity index (χ2n) is 3.41. The lowest BCUT2D eigenvalue weighted by Crippen LogP contribution is -1.96. The number of nitrogens with zero attached hydrogens (tertiary/aromatic N) is 3. The minimum Gasteiger partial charge on any atom is -0.508 e. The van der Waals surface area contributed by atoms with Gasteiger partial charge in [0.15, 0.2) is 0 Å². The van der Waals surface area contributed by atoms with Crippen LogP contribution in [0.25, 0.3) is 5.69 Å². The van der Waals surface area contributed by atoms with Crippen LogP contribution in [0.4, 0.5) is 0 Å². The lowest BCUT2D eigenvalue weighted by Gasteiger charge is -2.06. The summed E-state index contributed by atoms with van der Waals surface area (Å²) in [5.41, 5.74) is 1.87. The van der Waals surface area contributed by atoms with Gasteiger partial charge in [0.2, 0.25) is 0 Å². The summed E-state index contributed by atoms with van der Waals surface area (Å²) in [6.07, 6.45) is 5.29. The number of phenols is 1. The number of hydrogen-bond donors (Lipinski definition) is 1. The van der Waals surface area contributed by atoms with Crippen molar-refractivity contribution in [3.05, 3.63) is 36.2 Å². The van der Waals surface area contributed by atoms with E-state index in [-0.39, 0.29) is 0 Å². The summed E-state index contributed by atoms with van der Waals surface area (Å²) in [4.78, 5) is 0. The van der Waals surface area contributed by atoms with Crippen molar-refractivity contribution in [3.8, 4) is 11.4 Å². The fourth-order valence-corrected chi connectivity index (χ4v) is 1.53. The standard InChI is InChI=1S/C11H13N3O/c1-2-3-9-8-10(4-5-11(9)15)14-7-6-12-13-14/h4-8,15H,2-3H2,1H3. The summed E-state index contributed by atoms with van der Waals surface area (Å²) in [6.45, 7) is 2.08. The lowest BCUT2D eigenvalue weighted by atomic mass is 10.1. The molecule has 2 aromatic rings. The molecule has 0 saturated heterocycles. The maximum atomic E-state index is 9.62. The highest BCUT2D eigenvalue weighted by Crippen LogP contribution is 2.21. The van der Waals surface area contributed by atoms with Gasteiger partial charge in [-0.05, 0) is 30.2 Å². The molecule has 78 valence electrons. The van der Waals surface area contributed by atoms with Crippen LogP contribution in [0.5, 0.6) is 5.75 Å². The molecule has 0 atom stereocenters. The number of aromatic hydroxyl groups is 1. The van der Waals surface area contributed by atoms with Gasteiger partial charge in [0.05, 0.1) is 18.1 Å².